The zero-order chi connectivity index (χ0) is 13.8. The van der Waals surface area contributed by atoms with E-state index in [0.717, 1.165) is 32.9 Å². The summed E-state index contributed by atoms with van der Waals surface area (Å²) in [5, 5.41) is 9.86. The fraction of sp³-hybridized carbons (Fsp3) is 0.200. The molecular weight excluding hydrogens is 326 g/mol. The van der Waals surface area contributed by atoms with Crippen molar-refractivity contribution in [3.05, 3.63) is 63.1 Å². The van der Waals surface area contributed by atoms with Crippen molar-refractivity contribution in [1.82, 2.24) is 0 Å². The quantitative estimate of drug-likeness (QED) is 0.900. The number of benzene rings is 2. The second-order valence-corrected chi connectivity index (χ2v) is 5.72. The summed E-state index contributed by atoms with van der Waals surface area (Å²) in [5.41, 5.74) is 3.14. The molecule has 0 heterocycles. The number of aliphatic hydroxyl groups excluding tert-OH is 1. The summed E-state index contributed by atoms with van der Waals surface area (Å²) in [6.45, 7) is 0.828. The van der Waals surface area contributed by atoms with Crippen LogP contribution >= 0.6 is 27.5 Å². The Labute approximate surface area is 126 Å². The van der Waals surface area contributed by atoms with E-state index in [4.69, 9.17) is 16.7 Å². The molecule has 2 nitrogen and oxygen atoms in total. The fourth-order valence-corrected chi connectivity index (χ4v) is 2.89. The van der Waals surface area contributed by atoms with Gasteiger partial charge in [-0.1, -0.05) is 29.8 Å². The van der Waals surface area contributed by atoms with Crippen LogP contribution in [0.15, 0.2) is 46.9 Å². The third kappa shape index (κ3) is 3.72. The zero-order valence-corrected chi connectivity index (χ0v) is 12.9. The predicted molar refractivity (Wildman–Crippen MR) is 83.6 cm³/mol. The normalized spacial score (nSPS) is 10.5. The smallest absolute Gasteiger partial charge is 0.0682 e. The highest BCUT2D eigenvalue weighted by Gasteiger charge is 2.07. The van der Waals surface area contributed by atoms with Crippen molar-refractivity contribution in [3.63, 3.8) is 0 Å². The summed E-state index contributed by atoms with van der Waals surface area (Å²) in [6, 6.07) is 13.7. The Balaban J connectivity index is 2.18. The van der Waals surface area contributed by atoms with Crippen molar-refractivity contribution in [3.8, 4) is 0 Å². The molecule has 0 saturated carbocycles. The molecule has 4 heteroatoms. The summed E-state index contributed by atoms with van der Waals surface area (Å²) in [6.07, 6.45) is 0. The number of aliphatic hydroxyl groups is 1. The molecule has 19 heavy (non-hydrogen) atoms. The monoisotopic (exact) mass is 339 g/mol. The number of hydrogen-bond donors (Lipinski definition) is 1. The lowest BCUT2D eigenvalue weighted by atomic mass is 10.1. The van der Waals surface area contributed by atoms with Gasteiger partial charge >= 0.3 is 0 Å². The fourth-order valence-electron chi connectivity index (χ4n) is 1.95. The maximum Gasteiger partial charge on any atom is 0.0682 e. The maximum absolute atomic E-state index is 9.11. The predicted octanol–water partition coefficient (Wildman–Crippen LogP) is 4.23. The first-order valence-electron chi connectivity index (χ1n) is 5.95. The molecule has 1 N–H and O–H groups in total. The third-order valence-corrected chi connectivity index (χ3v) is 3.78. The van der Waals surface area contributed by atoms with E-state index in [1.54, 1.807) is 0 Å². The van der Waals surface area contributed by atoms with Gasteiger partial charge in [-0.3, -0.25) is 0 Å². The Hall–Kier alpha value is -1.03. The number of halogens is 2. The highest BCUT2D eigenvalue weighted by molar-refractivity contribution is 9.10. The second-order valence-electron chi connectivity index (χ2n) is 4.43. The third-order valence-electron chi connectivity index (χ3n) is 2.91. The van der Waals surface area contributed by atoms with Gasteiger partial charge in [0.15, 0.2) is 0 Å². The van der Waals surface area contributed by atoms with Crippen LogP contribution in [0, 0.1) is 0 Å². The van der Waals surface area contributed by atoms with E-state index < -0.39 is 0 Å². The van der Waals surface area contributed by atoms with E-state index in [1.165, 1.54) is 0 Å². The van der Waals surface area contributed by atoms with Crippen molar-refractivity contribution >= 4 is 33.2 Å². The Kier molecular flexibility index (Phi) is 4.86. The van der Waals surface area contributed by atoms with Gasteiger partial charge < -0.3 is 10.0 Å². The van der Waals surface area contributed by atoms with Crippen LogP contribution in [0.3, 0.4) is 0 Å². The molecule has 0 aromatic heterocycles. The van der Waals surface area contributed by atoms with Crippen molar-refractivity contribution in [2.45, 2.75) is 13.2 Å². The van der Waals surface area contributed by atoms with Gasteiger partial charge in [0, 0.05) is 23.1 Å². The first kappa shape index (κ1) is 14.4. The highest BCUT2D eigenvalue weighted by atomic mass is 79.9. The molecule has 2 rings (SSSR count). The average molecular weight is 341 g/mol. The zero-order valence-electron chi connectivity index (χ0n) is 10.6. The summed E-state index contributed by atoms with van der Waals surface area (Å²) in [5.74, 6) is 0. The first-order chi connectivity index (χ1) is 9.10. The van der Waals surface area contributed by atoms with Gasteiger partial charge in [-0.15, -0.1) is 0 Å². The Morgan fingerprint density at radius 1 is 1.16 bits per heavy atom. The largest absolute Gasteiger partial charge is 0.392 e. The molecule has 0 atom stereocenters. The molecule has 0 amide bonds. The SMILES string of the molecule is CN(Cc1cccc(Cl)c1)c1ccc(CO)cc1Br. The van der Waals surface area contributed by atoms with Crippen LogP contribution in [0.4, 0.5) is 5.69 Å². The van der Waals surface area contributed by atoms with Gasteiger partial charge in [0.2, 0.25) is 0 Å². The number of anilines is 1. The molecule has 0 fully saturated rings. The minimum atomic E-state index is 0.0525. The van der Waals surface area contributed by atoms with Gasteiger partial charge in [0.1, 0.15) is 0 Å². The van der Waals surface area contributed by atoms with Gasteiger partial charge in [-0.2, -0.15) is 0 Å². The lowest BCUT2D eigenvalue weighted by Gasteiger charge is -2.21. The van der Waals surface area contributed by atoms with E-state index in [-0.39, 0.29) is 6.61 Å². The number of nitrogens with zero attached hydrogens (tertiary/aromatic N) is 1. The summed E-state index contributed by atoms with van der Waals surface area (Å²) in [7, 11) is 2.03. The minimum absolute atomic E-state index is 0.0525. The topological polar surface area (TPSA) is 23.5 Å². The van der Waals surface area contributed by atoms with Crippen LogP contribution in [0.5, 0.6) is 0 Å². The minimum Gasteiger partial charge on any atom is -0.392 e. The summed E-state index contributed by atoms with van der Waals surface area (Å²) in [4.78, 5) is 2.14. The molecule has 0 aliphatic carbocycles. The van der Waals surface area contributed by atoms with Crippen LogP contribution in [-0.2, 0) is 13.2 Å². The number of hydrogen-bond acceptors (Lipinski definition) is 2. The lowest BCUT2D eigenvalue weighted by molar-refractivity contribution is 0.282. The summed E-state index contributed by atoms with van der Waals surface area (Å²) < 4.78 is 0.976. The van der Waals surface area contributed by atoms with Crippen LogP contribution in [0.25, 0.3) is 0 Å². The van der Waals surface area contributed by atoms with Gasteiger partial charge in [-0.25, -0.2) is 0 Å². The molecular formula is C15H15BrClNO. The molecule has 0 saturated heterocycles. The number of rotatable bonds is 4. The molecule has 100 valence electrons. The van der Waals surface area contributed by atoms with Gasteiger partial charge in [-0.05, 0) is 51.3 Å². The summed E-state index contributed by atoms with van der Waals surface area (Å²) >= 11 is 9.53. The van der Waals surface area contributed by atoms with Crippen molar-refractivity contribution < 1.29 is 5.11 Å². The molecule has 0 aliphatic rings. The van der Waals surface area contributed by atoms with Crippen molar-refractivity contribution in [2.75, 3.05) is 11.9 Å². The van der Waals surface area contributed by atoms with E-state index in [9.17, 15) is 0 Å². The van der Waals surface area contributed by atoms with Crippen molar-refractivity contribution in [2.24, 2.45) is 0 Å². The molecule has 0 aliphatic heterocycles. The van der Waals surface area contributed by atoms with E-state index in [0.29, 0.717) is 0 Å². The van der Waals surface area contributed by atoms with Crippen LogP contribution in [0.2, 0.25) is 5.02 Å². The molecule has 0 spiro atoms. The first-order valence-corrected chi connectivity index (χ1v) is 7.12. The standard InChI is InChI=1S/C15H15BrClNO/c1-18(9-11-3-2-4-13(17)7-11)15-6-5-12(10-19)8-14(15)16/h2-8,19H,9-10H2,1H3. The van der Waals surface area contributed by atoms with Crippen LogP contribution in [-0.4, -0.2) is 12.2 Å². The molecule has 2 aromatic rings. The van der Waals surface area contributed by atoms with Gasteiger partial charge in [0.05, 0.1) is 12.3 Å². The van der Waals surface area contributed by atoms with E-state index in [2.05, 4.69) is 26.9 Å². The average Bonchev–Trinajstić information content (AvgIpc) is 2.38. The Morgan fingerprint density at radius 2 is 1.95 bits per heavy atom. The van der Waals surface area contributed by atoms with Crippen LogP contribution in [0.1, 0.15) is 11.1 Å². The molecule has 0 radical (unpaired) electrons. The molecule has 0 unspecified atom stereocenters. The van der Waals surface area contributed by atoms with Crippen LogP contribution < -0.4 is 4.90 Å². The van der Waals surface area contributed by atoms with Gasteiger partial charge in [0.25, 0.3) is 0 Å². The Bertz CT molecular complexity index is 574. The molecule has 2 aromatic carbocycles. The lowest BCUT2D eigenvalue weighted by Crippen LogP contribution is -2.16. The maximum atomic E-state index is 9.11. The highest BCUT2D eigenvalue weighted by Crippen LogP contribution is 2.28. The Morgan fingerprint density at radius 3 is 2.58 bits per heavy atom. The second kappa shape index (κ2) is 6.42. The van der Waals surface area contributed by atoms with E-state index >= 15 is 0 Å². The van der Waals surface area contributed by atoms with Crippen molar-refractivity contribution in [1.29, 1.82) is 0 Å². The van der Waals surface area contributed by atoms with E-state index in [1.807, 2.05) is 43.4 Å². The molecule has 0 bridgehead atoms.